The zero-order chi connectivity index (χ0) is 10.2. The van der Waals surface area contributed by atoms with E-state index in [1.54, 1.807) is 0 Å². The van der Waals surface area contributed by atoms with Crippen LogP contribution < -0.4 is 5.32 Å². The molecule has 2 unspecified atom stereocenters. The van der Waals surface area contributed by atoms with Crippen molar-refractivity contribution in [3.63, 3.8) is 0 Å². The van der Waals surface area contributed by atoms with E-state index in [-0.39, 0.29) is 6.10 Å². The largest absolute Gasteiger partial charge is 0.393 e. The molecule has 1 aliphatic rings. The summed E-state index contributed by atoms with van der Waals surface area (Å²) in [5.41, 5.74) is 0. The Kier molecular flexibility index (Phi) is 5.66. The molecule has 0 radical (unpaired) electrons. The van der Waals surface area contributed by atoms with Crippen LogP contribution >= 0.6 is 0 Å². The second kappa shape index (κ2) is 6.86. The molecular weight excluding hydrogens is 174 g/mol. The van der Waals surface area contributed by atoms with Crippen LogP contribution in [0.4, 0.5) is 0 Å². The first-order valence-corrected chi connectivity index (χ1v) is 5.67. The maximum absolute atomic E-state index is 9.70. The van der Waals surface area contributed by atoms with Crippen molar-refractivity contribution in [2.24, 2.45) is 5.92 Å². The summed E-state index contributed by atoms with van der Waals surface area (Å²) in [5.74, 6) is 3.09. The lowest BCUT2D eigenvalue weighted by Gasteiger charge is -2.27. The number of terminal acetylenes is 1. The standard InChI is InChI=1S/C12H21NO/c1-2-3-6-9-13-10-11-7-4-5-8-12(11)14/h1,11-14H,3-10H2. The SMILES string of the molecule is C#CCCCNCC1CCCCC1O. The molecule has 2 atom stereocenters. The normalized spacial score (nSPS) is 27.1. The quantitative estimate of drug-likeness (QED) is 0.515. The fourth-order valence-corrected chi connectivity index (χ4v) is 2.03. The van der Waals surface area contributed by atoms with Crippen LogP contribution in [0.15, 0.2) is 0 Å². The minimum atomic E-state index is -0.0797. The summed E-state index contributed by atoms with van der Waals surface area (Å²) in [6.45, 7) is 1.93. The first kappa shape index (κ1) is 11.6. The molecule has 0 heterocycles. The molecule has 1 fully saturated rings. The fourth-order valence-electron chi connectivity index (χ4n) is 2.03. The lowest BCUT2D eigenvalue weighted by Crippen LogP contribution is -2.34. The van der Waals surface area contributed by atoms with Crippen LogP contribution in [-0.2, 0) is 0 Å². The van der Waals surface area contributed by atoms with Gasteiger partial charge in [0.1, 0.15) is 0 Å². The lowest BCUT2D eigenvalue weighted by molar-refractivity contribution is 0.0697. The van der Waals surface area contributed by atoms with E-state index >= 15 is 0 Å². The number of unbranched alkanes of at least 4 members (excludes halogenated alkanes) is 1. The average Bonchev–Trinajstić information content (AvgIpc) is 2.20. The van der Waals surface area contributed by atoms with Crippen LogP contribution in [0.2, 0.25) is 0 Å². The van der Waals surface area contributed by atoms with Crippen LogP contribution in [0.3, 0.4) is 0 Å². The van der Waals surface area contributed by atoms with Crippen LogP contribution in [-0.4, -0.2) is 24.3 Å². The average molecular weight is 195 g/mol. The van der Waals surface area contributed by atoms with Crippen molar-refractivity contribution in [3.05, 3.63) is 0 Å². The van der Waals surface area contributed by atoms with Crippen molar-refractivity contribution in [2.45, 2.75) is 44.6 Å². The van der Waals surface area contributed by atoms with Gasteiger partial charge in [-0.15, -0.1) is 12.3 Å². The van der Waals surface area contributed by atoms with E-state index in [4.69, 9.17) is 6.42 Å². The Balaban J connectivity index is 2.02. The minimum absolute atomic E-state index is 0.0797. The molecule has 0 aromatic rings. The maximum atomic E-state index is 9.70. The highest BCUT2D eigenvalue weighted by atomic mass is 16.3. The molecule has 0 aromatic carbocycles. The topological polar surface area (TPSA) is 32.3 Å². The maximum Gasteiger partial charge on any atom is 0.0580 e. The second-order valence-electron chi connectivity index (χ2n) is 4.12. The molecule has 14 heavy (non-hydrogen) atoms. The number of hydrogen-bond donors (Lipinski definition) is 2. The van der Waals surface area contributed by atoms with Crippen molar-refractivity contribution < 1.29 is 5.11 Å². The molecule has 0 spiro atoms. The van der Waals surface area contributed by atoms with Gasteiger partial charge in [-0.1, -0.05) is 12.8 Å². The summed E-state index contributed by atoms with van der Waals surface area (Å²) < 4.78 is 0. The molecule has 1 aliphatic carbocycles. The third kappa shape index (κ3) is 4.13. The molecule has 80 valence electrons. The van der Waals surface area contributed by atoms with Crippen molar-refractivity contribution in [2.75, 3.05) is 13.1 Å². The van der Waals surface area contributed by atoms with Gasteiger partial charge in [0.25, 0.3) is 0 Å². The first-order valence-electron chi connectivity index (χ1n) is 5.67. The number of aliphatic hydroxyl groups is 1. The summed E-state index contributed by atoms with van der Waals surface area (Å²) >= 11 is 0. The van der Waals surface area contributed by atoms with E-state index in [0.29, 0.717) is 5.92 Å². The van der Waals surface area contributed by atoms with Gasteiger partial charge in [-0.2, -0.15) is 0 Å². The highest BCUT2D eigenvalue weighted by Crippen LogP contribution is 2.23. The molecule has 0 bridgehead atoms. The Bertz CT molecular complexity index is 185. The summed E-state index contributed by atoms with van der Waals surface area (Å²) in [6.07, 6.45) is 11.6. The van der Waals surface area contributed by atoms with Crippen LogP contribution in [0, 0.1) is 18.3 Å². The van der Waals surface area contributed by atoms with E-state index < -0.39 is 0 Å². The van der Waals surface area contributed by atoms with E-state index in [9.17, 15) is 5.11 Å². The van der Waals surface area contributed by atoms with E-state index in [0.717, 1.165) is 32.4 Å². The molecule has 1 saturated carbocycles. The van der Waals surface area contributed by atoms with Gasteiger partial charge in [0.05, 0.1) is 6.10 Å². The first-order chi connectivity index (χ1) is 6.84. The molecule has 2 N–H and O–H groups in total. The number of rotatable bonds is 5. The van der Waals surface area contributed by atoms with Crippen LogP contribution in [0.25, 0.3) is 0 Å². The molecule has 0 saturated heterocycles. The Morgan fingerprint density at radius 2 is 2.14 bits per heavy atom. The molecule has 0 amide bonds. The van der Waals surface area contributed by atoms with Crippen LogP contribution in [0.5, 0.6) is 0 Å². The summed E-state index contributed by atoms with van der Waals surface area (Å²) in [6, 6.07) is 0. The van der Waals surface area contributed by atoms with Gasteiger partial charge in [-0.25, -0.2) is 0 Å². The van der Waals surface area contributed by atoms with E-state index in [2.05, 4.69) is 11.2 Å². The van der Waals surface area contributed by atoms with Crippen molar-refractivity contribution >= 4 is 0 Å². The third-order valence-corrected chi connectivity index (χ3v) is 2.95. The Hall–Kier alpha value is -0.520. The fraction of sp³-hybridized carbons (Fsp3) is 0.833. The van der Waals surface area contributed by atoms with Gasteiger partial charge >= 0.3 is 0 Å². The summed E-state index contributed by atoms with van der Waals surface area (Å²) in [4.78, 5) is 0. The van der Waals surface area contributed by atoms with Gasteiger partial charge in [0.15, 0.2) is 0 Å². The zero-order valence-corrected chi connectivity index (χ0v) is 8.84. The Morgan fingerprint density at radius 1 is 1.36 bits per heavy atom. The minimum Gasteiger partial charge on any atom is -0.393 e. The Labute approximate surface area is 87.1 Å². The second-order valence-corrected chi connectivity index (χ2v) is 4.12. The molecule has 2 nitrogen and oxygen atoms in total. The molecular formula is C12H21NO. The monoisotopic (exact) mass is 195 g/mol. The summed E-state index contributed by atoms with van der Waals surface area (Å²) in [7, 11) is 0. The number of aliphatic hydroxyl groups excluding tert-OH is 1. The van der Waals surface area contributed by atoms with Crippen molar-refractivity contribution in [3.8, 4) is 12.3 Å². The van der Waals surface area contributed by atoms with Crippen molar-refractivity contribution in [1.82, 2.24) is 5.32 Å². The van der Waals surface area contributed by atoms with E-state index in [1.165, 1.54) is 19.3 Å². The highest BCUT2D eigenvalue weighted by molar-refractivity contribution is 4.83. The number of nitrogens with one attached hydrogen (secondary N) is 1. The summed E-state index contributed by atoms with van der Waals surface area (Å²) in [5, 5.41) is 13.1. The van der Waals surface area contributed by atoms with E-state index in [1.807, 2.05) is 0 Å². The van der Waals surface area contributed by atoms with Crippen LogP contribution in [0.1, 0.15) is 38.5 Å². The van der Waals surface area contributed by atoms with Gasteiger partial charge in [0, 0.05) is 13.0 Å². The number of hydrogen-bond acceptors (Lipinski definition) is 2. The van der Waals surface area contributed by atoms with Crippen molar-refractivity contribution in [1.29, 1.82) is 0 Å². The molecule has 1 rings (SSSR count). The molecule has 0 aromatic heterocycles. The predicted molar refractivity (Wildman–Crippen MR) is 58.9 cm³/mol. The molecule has 0 aliphatic heterocycles. The Morgan fingerprint density at radius 3 is 2.86 bits per heavy atom. The zero-order valence-electron chi connectivity index (χ0n) is 8.84. The smallest absolute Gasteiger partial charge is 0.0580 e. The van der Waals surface area contributed by atoms with Gasteiger partial charge < -0.3 is 10.4 Å². The molecule has 2 heteroatoms. The van der Waals surface area contributed by atoms with Gasteiger partial charge in [0.2, 0.25) is 0 Å². The van der Waals surface area contributed by atoms with Gasteiger partial charge in [-0.3, -0.25) is 0 Å². The lowest BCUT2D eigenvalue weighted by atomic mass is 9.86. The van der Waals surface area contributed by atoms with Gasteiger partial charge in [-0.05, 0) is 31.7 Å². The predicted octanol–water partition coefficient (Wildman–Crippen LogP) is 1.54. The third-order valence-electron chi connectivity index (χ3n) is 2.95. The highest BCUT2D eigenvalue weighted by Gasteiger charge is 2.21.